The smallest absolute Gasteiger partial charge is 0.137 e. The third kappa shape index (κ3) is 4.40. The first-order valence-electron chi connectivity index (χ1n) is 9.43. The topological polar surface area (TPSA) is 39.5 Å². The number of aryl methyl sites for hydroxylation is 1. The van der Waals surface area contributed by atoms with Gasteiger partial charge in [0.2, 0.25) is 0 Å². The molecule has 140 valence electrons. The molecule has 1 saturated carbocycles. The lowest BCUT2D eigenvalue weighted by Crippen LogP contribution is -2.39. The van der Waals surface area contributed by atoms with Crippen molar-refractivity contribution in [2.75, 3.05) is 32.8 Å². The Morgan fingerprint density at radius 1 is 1.31 bits per heavy atom. The van der Waals surface area contributed by atoms with E-state index in [1.54, 1.807) is 0 Å². The average molecular weight is 376 g/mol. The van der Waals surface area contributed by atoms with Crippen LogP contribution in [-0.2, 0) is 18.2 Å². The molecule has 0 radical (unpaired) electrons. The number of hydrogen-bond acceptors (Lipinski definition) is 4. The molecule has 0 amide bonds. The zero-order valence-electron chi connectivity index (χ0n) is 15.2. The molecule has 2 aliphatic rings. The molecule has 0 N–H and O–H groups in total. The molecule has 1 aliphatic carbocycles. The molecule has 0 spiro atoms. The number of morpholine rings is 1. The Balaban J connectivity index is 1.33. The lowest BCUT2D eigenvalue weighted by Gasteiger charge is -2.32. The van der Waals surface area contributed by atoms with Gasteiger partial charge in [0.05, 0.1) is 23.9 Å². The van der Waals surface area contributed by atoms with Crippen LogP contribution in [0.1, 0.15) is 30.3 Å². The SMILES string of the molecule is Cn1nc([C@H]2CN(CC3CC3)CCO2)cc1CCOc1ccccc1Cl. The summed E-state index contributed by atoms with van der Waals surface area (Å²) in [5, 5.41) is 5.33. The number of ether oxygens (including phenoxy) is 2. The summed E-state index contributed by atoms with van der Waals surface area (Å²) < 4.78 is 13.7. The number of para-hydroxylation sites is 1. The van der Waals surface area contributed by atoms with E-state index >= 15 is 0 Å². The summed E-state index contributed by atoms with van der Waals surface area (Å²) in [7, 11) is 1.99. The van der Waals surface area contributed by atoms with Gasteiger partial charge in [-0.25, -0.2) is 0 Å². The quantitative estimate of drug-likeness (QED) is 0.742. The first kappa shape index (κ1) is 17.8. The highest BCUT2D eigenvalue weighted by molar-refractivity contribution is 6.32. The van der Waals surface area contributed by atoms with Crippen LogP contribution in [0.15, 0.2) is 30.3 Å². The van der Waals surface area contributed by atoms with Gasteiger partial charge in [-0.05, 0) is 37.0 Å². The fourth-order valence-corrected chi connectivity index (χ4v) is 3.65. The van der Waals surface area contributed by atoms with Crippen LogP contribution in [0.4, 0.5) is 0 Å². The van der Waals surface area contributed by atoms with E-state index in [1.165, 1.54) is 19.4 Å². The summed E-state index contributed by atoms with van der Waals surface area (Å²) in [6.45, 7) is 4.56. The number of benzene rings is 1. The van der Waals surface area contributed by atoms with Crippen LogP contribution in [0.5, 0.6) is 5.75 Å². The van der Waals surface area contributed by atoms with Crippen molar-refractivity contribution in [1.29, 1.82) is 0 Å². The zero-order chi connectivity index (χ0) is 17.9. The summed E-state index contributed by atoms with van der Waals surface area (Å²) >= 11 is 6.13. The minimum Gasteiger partial charge on any atom is -0.492 e. The highest BCUT2D eigenvalue weighted by Crippen LogP contribution is 2.31. The lowest BCUT2D eigenvalue weighted by molar-refractivity contribution is -0.0336. The summed E-state index contributed by atoms with van der Waals surface area (Å²) in [6.07, 6.45) is 3.64. The third-order valence-corrected chi connectivity index (χ3v) is 5.45. The van der Waals surface area contributed by atoms with Crippen molar-refractivity contribution < 1.29 is 9.47 Å². The molecule has 0 unspecified atom stereocenters. The summed E-state index contributed by atoms with van der Waals surface area (Å²) in [5.41, 5.74) is 2.18. The molecule has 1 aliphatic heterocycles. The fourth-order valence-electron chi connectivity index (χ4n) is 3.46. The Labute approximate surface area is 159 Å². The molecule has 1 aromatic carbocycles. The van der Waals surface area contributed by atoms with E-state index in [4.69, 9.17) is 26.2 Å². The van der Waals surface area contributed by atoms with Gasteiger partial charge in [-0.15, -0.1) is 0 Å². The second-order valence-corrected chi connectivity index (χ2v) is 7.68. The van der Waals surface area contributed by atoms with E-state index in [2.05, 4.69) is 11.0 Å². The molecule has 6 heteroatoms. The maximum Gasteiger partial charge on any atom is 0.137 e. The first-order chi connectivity index (χ1) is 12.7. The van der Waals surface area contributed by atoms with E-state index in [0.717, 1.165) is 49.2 Å². The highest BCUT2D eigenvalue weighted by Gasteiger charge is 2.29. The van der Waals surface area contributed by atoms with Crippen molar-refractivity contribution in [2.24, 2.45) is 13.0 Å². The first-order valence-corrected chi connectivity index (χ1v) is 9.81. The van der Waals surface area contributed by atoms with Crippen molar-refractivity contribution in [3.05, 3.63) is 46.7 Å². The second-order valence-electron chi connectivity index (χ2n) is 7.28. The monoisotopic (exact) mass is 375 g/mol. The molecule has 5 nitrogen and oxygen atoms in total. The van der Waals surface area contributed by atoms with E-state index in [0.29, 0.717) is 11.6 Å². The molecule has 0 bridgehead atoms. The molecule has 2 fully saturated rings. The maximum absolute atomic E-state index is 6.13. The molecular formula is C20H26ClN3O2. The molecule has 26 heavy (non-hydrogen) atoms. The highest BCUT2D eigenvalue weighted by atomic mass is 35.5. The van der Waals surface area contributed by atoms with Gasteiger partial charge in [-0.2, -0.15) is 5.10 Å². The van der Waals surface area contributed by atoms with Crippen LogP contribution < -0.4 is 4.74 Å². The van der Waals surface area contributed by atoms with Crippen molar-refractivity contribution in [1.82, 2.24) is 14.7 Å². The van der Waals surface area contributed by atoms with E-state index < -0.39 is 0 Å². The Kier molecular flexibility index (Phi) is 5.48. The predicted molar refractivity (Wildman–Crippen MR) is 102 cm³/mol. The molecule has 2 heterocycles. The van der Waals surface area contributed by atoms with Gasteiger partial charge < -0.3 is 9.47 Å². The van der Waals surface area contributed by atoms with Gasteiger partial charge in [0, 0.05) is 38.8 Å². The van der Waals surface area contributed by atoms with Crippen molar-refractivity contribution in [3.8, 4) is 5.75 Å². The van der Waals surface area contributed by atoms with Crippen molar-refractivity contribution in [2.45, 2.75) is 25.4 Å². The lowest BCUT2D eigenvalue weighted by atomic mass is 10.1. The van der Waals surface area contributed by atoms with Crippen LogP contribution in [-0.4, -0.2) is 47.5 Å². The Morgan fingerprint density at radius 2 is 2.15 bits per heavy atom. The van der Waals surface area contributed by atoms with Gasteiger partial charge in [0.15, 0.2) is 0 Å². The van der Waals surface area contributed by atoms with Crippen LogP contribution in [0.25, 0.3) is 0 Å². The van der Waals surface area contributed by atoms with Gasteiger partial charge in [0.1, 0.15) is 11.9 Å². The number of nitrogens with zero attached hydrogens (tertiary/aromatic N) is 3. The number of halogens is 1. The Morgan fingerprint density at radius 3 is 2.96 bits per heavy atom. The second kappa shape index (κ2) is 7.99. The van der Waals surface area contributed by atoms with Crippen LogP contribution >= 0.6 is 11.6 Å². The standard InChI is InChI=1S/C20H26ClN3O2/c1-23-16(8-10-25-19-5-3-2-4-17(19)21)12-18(22-23)20-14-24(9-11-26-20)13-15-6-7-15/h2-5,12,15,20H,6-11,13-14H2,1H3/t20-/m1/s1. The van der Waals surface area contributed by atoms with Crippen molar-refractivity contribution in [3.63, 3.8) is 0 Å². The van der Waals surface area contributed by atoms with E-state index in [-0.39, 0.29) is 6.10 Å². The van der Waals surface area contributed by atoms with Gasteiger partial charge in [0.25, 0.3) is 0 Å². The zero-order valence-corrected chi connectivity index (χ0v) is 16.0. The minimum atomic E-state index is 0.0759. The summed E-state index contributed by atoms with van der Waals surface area (Å²) in [6, 6.07) is 9.71. The molecule has 1 saturated heterocycles. The van der Waals surface area contributed by atoms with Gasteiger partial charge >= 0.3 is 0 Å². The normalized spacial score (nSPS) is 21.1. The maximum atomic E-state index is 6.13. The van der Waals surface area contributed by atoms with Crippen LogP contribution in [0.3, 0.4) is 0 Å². The number of aromatic nitrogens is 2. The Hall–Kier alpha value is -1.56. The summed E-state index contributed by atoms with van der Waals surface area (Å²) in [5.74, 6) is 1.64. The average Bonchev–Trinajstić information content (AvgIpc) is 3.38. The predicted octanol–water partition coefficient (Wildman–Crippen LogP) is 3.48. The van der Waals surface area contributed by atoms with Gasteiger partial charge in [-0.3, -0.25) is 9.58 Å². The van der Waals surface area contributed by atoms with Crippen molar-refractivity contribution >= 4 is 11.6 Å². The summed E-state index contributed by atoms with van der Waals surface area (Å²) in [4.78, 5) is 2.53. The van der Waals surface area contributed by atoms with E-state index in [9.17, 15) is 0 Å². The molecule has 1 atom stereocenters. The molecule has 2 aromatic rings. The van der Waals surface area contributed by atoms with Crippen LogP contribution in [0, 0.1) is 5.92 Å². The number of rotatable bonds is 7. The molecular weight excluding hydrogens is 350 g/mol. The van der Waals surface area contributed by atoms with Crippen LogP contribution in [0.2, 0.25) is 5.02 Å². The Bertz CT molecular complexity index is 744. The fraction of sp³-hybridized carbons (Fsp3) is 0.550. The molecule has 4 rings (SSSR count). The third-order valence-electron chi connectivity index (χ3n) is 5.14. The van der Waals surface area contributed by atoms with Gasteiger partial charge in [-0.1, -0.05) is 23.7 Å². The number of hydrogen-bond donors (Lipinski definition) is 0. The van der Waals surface area contributed by atoms with E-state index in [1.807, 2.05) is 36.0 Å². The molecule has 1 aromatic heterocycles. The largest absolute Gasteiger partial charge is 0.492 e. The minimum absolute atomic E-state index is 0.0759.